The molecule has 0 aromatic rings. The quantitative estimate of drug-likeness (QED) is 0.257. The Morgan fingerprint density at radius 3 is 2.24 bits per heavy atom. The minimum absolute atomic E-state index is 0.00827. The normalized spacial score (nSPS) is 46.2. The molecule has 0 aliphatic heterocycles. The van der Waals surface area contributed by atoms with Crippen LogP contribution in [-0.2, 0) is 14.3 Å². The van der Waals surface area contributed by atoms with E-state index < -0.39 is 0 Å². The number of hydrogen-bond acceptors (Lipinski definition) is 4. The van der Waals surface area contributed by atoms with Crippen LogP contribution in [0.5, 0.6) is 0 Å². The van der Waals surface area contributed by atoms with E-state index in [1.807, 2.05) is 0 Å². The fourth-order valence-electron chi connectivity index (χ4n) is 12.4. The van der Waals surface area contributed by atoms with Gasteiger partial charge in [0, 0.05) is 24.3 Å². The maximum atomic E-state index is 12.6. The topological polar surface area (TPSA) is 64.6 Å². The van der Waals surface area contributed by atoms with Crippen molar-refractivity contribution in [3.05, 3.63) is 12.2 Å². The van der Waals surface area contributed by atoms with Gasteiger partial charge in [-0.2, -0.15) is 0 Å². The van der Waals surface area contributed by atoms with Gasteiger partial charge in [-0.3, -0.25) is 4.79 Å². The summed E-state index contributed by atoms with van der Waals surface area (Å²) in [7, 11) is 0. The minimum Gasteiger partial charge on any atom is -0.462 e. The molecule has 5 saturated carbocycles. The number of carbonyl (C=O) groups is 2. The summed E-state index contributed by atoms with van der Waals surface area (Å²) in [5.41, 5.74) is 2.19. The Bertz CT molecular complexity index is 1050. The number of carbonyl (C=O) groups excluding carboxylic acids is 2. The lowest BCUT2D eigenvalue weighted by Gasteiger charge is -2.73. The molecule has 0 unspecified atom stereocenters. The van der Waals surface area contributed by atoms with Gasteiger partial charge in [-0.15, -0.1) is 0 Å². The number of rotatable bonds is 6. The molecule has 5 fully saturated rings. The van der Waals surface area contributed by atoms with Crippen LogP contribution in [0.2, 0.25) is 0 Å². The maximum absolute atomic E-state index is 12.6. The van der Waals surface area contributed by atoms with Crippen molar-refractivity contribution in [3.8, 4) is 0 Å². The first kappa shape index (κ1) is 30.9. The highest BCUT2D eigenvalue weighted by molar-refractivity contribution is 5.67. The first-order chi connectivity index (χ1) is 19.2. The van der Waals surface area contributed by atoms with Crippen LogP contribution in [0.3, 0.4) is 0 Å². The maximum Gasteiger partial charge on any atom is 0.407 e. The van der Waals surface area contributed by atoms with Crippen molar-refractivity contribution in [2.75, 3.05) is 13.2 Å². The Balaban J connectivity index is 1.45. The number of esters is 1. The van der Waals surface area contributed by atoms with Gasteiger partial charge < -0.3 is 14.8 Å². The minimum atomic E-state index is -0.249. The van der Waals surface area contributed by atoms with Crippen molar-refractivity contribution in [1.82, 2.24) is 5.32 Å². The second-order valence-corrected chi connectivity index (χ2v) is 16.5. The van der Waals surface area contributed by atoms with Crippen molar-refractivity contribution in [3.63, 3.8) is 0 Å². The highest BCUT2D eigenvalue weighted by Crippen LogP contribution is 2.77. The fraction of sp³-hybridized carbons (Fsp3) is 0.889. The summed E-state index contributed by atoms with van der Waals surface area (Å²) >= 11 is 0. The number of allylic oxidation sites excluding steroid dienone is 1. The molecule has 0 saturated heterocycles. The summed E-state index contributed by atoms with van der Waals surface area (Å²) in [4.78, 5) is 24.5. The smallest absolute Gasteiger partial charge is 0.407 e. The van der Waals surface area contributed by atoms with Gasteiger partial charge >= 0.3 is 12.1 Å². The van der Waals surface area contributed by atoms with E-state index in [9.17, 15) is 9.59 Å². The zero-order chi connectivity index (χ0) is 30.0. The van der Waals surface area contributed by atoms with E-state index >= 15 is 0 Å². The van der Waals surface area contributed by atoms with Gasteiger partial charge in [-0.1, -0.05) is 53.7 Å². The molecule has 1 amide bonds. The van der Waals surface area contributed by atoms with E-state index in [1.165, 1.54) is 44.1 Å². The Labute approximate surface area is 250 Å². The van der Waals surface area contributed by atoms with Gasteiger partial charge in [0.05, 0.1) is 6.61 Å². The van der Waals surface area contributed by atoms with Gasteiger partial charge in [0.25, 0.3) is 0 Å². The van der Waals surface area contributed by atoms with Gasteiger partial charge in [0.2, 0.25) is 0 Å². The Morgan fingerprint density at radius 1 is 0.854 bits per heavy atom. The highest BCUT2D eigenvalue weighted by atomic mass is 16.6. The number of nitrogens with one attached hydrogen (secondary N) is 1. The third-order valence-electron chi connectivity index (χ3n) is 14.5. The molecule has 0 heterocycles. The molecule has 0 spiro atoms. The average Bonchev–Trinajstić information content (AvgIpc) is 3.28. The lowest BCUT2D eigenvalue weighted by atomic mass is 9.32. The predicted molar refractivity (Wildman–Crippen MR) is 164 cm³/mol. The van der Waals surface area contributed by atoms with E-state index in [2.05, 4.69) is 60.4 Å². The van der Waals surface area contributed by atoms with Crippen LogP contribution in [0.1, 0.15) is 126 Å². The standard InChI is InChI=1S/C36H59NO4/c1-10-21-37-31(39)40-22-36-18-13-25(23(2)3)30(36)26-11-12-28-33(7)16-15-29(41-24(4)38)32(5,6)27(33)14-17-35(28,9)34(26,8)19-20-36/h25-30H,2,10-22H2,1,3-9H3,(H,37,39)/t25-,26+,27-,28+,29-,30+,33-,34+,35+,36+/m0/s1. The predicted octanol–water partition coefficient (Wildman–Crippen LogP) is 8.71. The van der Waals surface area contributed by atoms with Crippen LogP contribution in [0.15, 0.2) is 12.2 Å². The molecule has 1 N–H and O–H groups in total. The highest BCUT2D eigenvalue weighted by Gasteiger charge is 2.71. The van der Waals surface area contributed by atoms with Crippen LogP contribution in [0.4, 0.5) is 4.79 Å². The summed E-state index contributed by atoms with van der Waals surface area (Å²) in [5.74, 6) is 2.81. The van der Waals surface area contributed by atoms with Crippen LogP contribution in [0.25, 0.3) is 0 Å². The van der Waals surface area contributed by atoms with E-state index in [0.29, 0.717) is 42.7 Å². The number of hydrogen-bond donors (Lipinski definition) is 1. The van der Waals surface area contributed by atoms with Crippen molar-refractivity contribution < 1.29 is 19.1 Å². The third kappa shape index (κ3) is 4.60. The number of amides is 1. The summed E-state index contributed by atoms with van der Waals surface area (Å²) in [6, 6.07) is 0. The summed E-state index contributed by atoms with van der Waals surface area (Å²) in [5, 5.41) is 2.93. The van der Waals surface area contributed by atoms with Crippen molar-refractivity contribution >= 4 is 12.1 Å². The van der Waals surface area contributed by atoms with Crippen LogP contribution in [0, 0.1) is 56.7 Å². The third-order valence-corrected chi connectivity index (χ3v) is 14.5. The average molecular weight is 570 g/mol. The van der Waals surface area contributed by atoms with E-state index in [4.69, 9.17) is 9.47 Å². The summed E-state index contributed by atoms with van der Waals surface area (Å²) in [6.07, 6.45) is 12.6. The molecule has 10 atom stereocenters. The SMILES string of the molecule is C=C(C)[C@@H]1CC[C@]2(COC(=O)NCCC)CC[C@]3(C)[C@H](CC[C@@H]4[C@@]5(C)CC[C@H](OC(C)=O)C(C)(C)[C@@H]5CC[C@]43C)[C@@H]12. The van der Waals surface area contributed by atoms with Crippen LogP contribution in [-0.4, -0.2) is 31.3 Å². The molecule has 5 aliphatic carbocycles. The number of alkyl carbamates (subject to hydrolysis) is 1. The monoisotopic (exact) mass is 569 g/mol. The molecule has 0 bridgehead atoms. The van der Waals surface area contributed by atoms with E-state index in [1.54, 1.807) is 6.92 Å². The second-order valence-electron chi connectivity index (χ2n) is 16.5. The Hall–Kier alpha value is -1.52. The first-order valence-corrected chi connectivity index (χ1v) is 16.9. The lowest BCUT2D eigenvalue weighted by molar-refractivity contribution is -0.251. The van der Waals surface area contributed by atoms with Gasteiger partial charge in [-0.05, 0) is 123 Å². The first-order valence-electron chi connectivity index (χ1n) is 16.9. The van der Waals surface area contributed by atoms with Gasteiger partial charge in [0.1, 0.15) is 6.10 Å². The molecule has 0 radical (unpaired) electrons. The lowest BCUT2D eigenvalue weighted by Crippen LogP contribution is -2.67. The Morgan fingerprint density at radius 2 is 1.59 bits per heavy atom. The molecule has 0 aromatic carbocycles. The fourth-order valence-corrected chi connectivity index (χ4v) is 12.4. The molecule has 5 heteroatoms. The Kier molecular flexibility index (Phi) is 7.98. The van der Waals surface area contributed by atoms with Gasteiger partial charge in [-0.25, -0.2) is 4.79 Å². The van der Waals surface area contributed by atoms with Crippen molar-refractivity contribution in [2.24, 2.45) is 56.7 Å². The van der Waals surface area contributed by atoms with E-state index in [0.717, 1.165) is 32.1 Å². The zero-order valence-corrected chi connectivity index (χ0v) is 27.5. The summed E-state index contributed by atoms with van der Waals surface area (Å²) < 4.78 is 11.9. The molecule has 5 nitrogen and oxygen atoms in total. The number of ether oxygens (including phenoxy) is 2. The second kappa shape index (κ2) is 10.6. The molecular formula is C36H59NO4. The summed E-state index contributed by atoms with van der Waals surface area (Å²) in [6.45, 7) is 24.3. The van der Waals surface area contributed by atoms with Gasteiger partial charge in [0.15, 0.2) is 0 Å². The van der Waals surface area contributed by atoms with Crippen molar-refractivity contribution in [2.45, 2.75) is 132 Å². The zero-order valence-electron chi connectivity index (χ0n) is 27.5. The van der Waals surface area contributed by atoms with Crippen LogP contribution < -0.4 is 5.32 Å². The molecule has 232 valence electrons. The van der Waals surface area contributed by atoms with Crippen molar-refractivity contribution in [1.29, 1.82) is 0 Å². The largest absolute Gasteiger partial charge is 0.462 e. The molecule has 41 heavy (non-hydrogen) atoms. The van der Waals surface area contributed by atoms with Crippen LogP contribution >= 0.6 is 0 Å². The number of fused-ring (bicyclic) bond motifs is 7. The molecule has 0 aromatic heterocycles. The molecule has 5 aliphatic rings. The molecular weight excluding hydrogens is 510 g/mol. The molecule has 5 rings (SSSR count). The van der Waals surface area contributed by atoms with E-state index in [-0.39, 0.29) is 45.2 Å².